The Morgan fingerprint density at radius 1 is 1.18 bits per heavy atom. The van der Waals surface area contributed by atoms with Crippen LogP contribution in [0, 0.1) is 5.92 Å². The first kappa shape index (κ1) is 34.4. The number of hydrogen-bond donors (Lipinski definition) is 2. The largest absolute Gasteiger partial charge is 0.497 e. The van der Waals surface area contributed by atoms with E-state index < -0.39 is 44.8 Å². The zero-order valence-electron chi connectivity index (χ0n) is 28.1. The van der Waals surface area contributed by atoms with Crippen LogP contribution < -0.4 is 19.5 Å². The van der Waals surface area contributed by atoms with E-state index in [9.17, 15) is 22.8 Å². The molecule has 14 heteroatoms. The summed E-state index contributed by atoms with van der Waals surface area (Å²) in [5, 5.41) is 7.97. The molecule has 0 spiro atoms. The fourth-order valence-corrected chi connectivity index (χ4v) is 7.70. The van der Waals surface area contributed by atoms with Gasteiger partial charge in [-0.3, -0.25) is 19.1 Å². The molecule has 3 amide bonds. The number of methoxy groups -OCH3 is 1. The van der Waals surface area contributed by atoms with Crippen molar-refractivity contribution >= 4 is 38.5 Å². The average molecular weight is 693 g/mol. The van der Waals surface area contributed by atoms with E-state index in [1.54, 1.807) is 37.2 Å². The monoisotopic (exact) mass is 692 g/mol. The number of aromatic nitrogens is 3. The topological polar surface area (TPSA) is 162 Å². The molecule has 2 aliphatic heterocycles. The Labute approximate surface area is 286 Å². The minimum Gasteiger partial charge on any atom is -0.497 e. The van der Waals surface area contributed by atoms with Gasteiger partial charge in [0.25, 0.3) is 5.91 Å². The molecule has 6 rings (SSSR count). The number of sulfonamides is 1. The number of nitrogens with one attached hydrogen (secondary N) is 2. The van der Waals surface area contributed by atoms with E-state index in [2.05, 4.69) is 15.1 Å². The number of carbonyl (C=O) groups excluding carboxylic acids is 3. The van der Waals surface area contributed by atoms with Crippen molar-refractivity contribution in [2.45, 2.75) is 94.6 Å². The zero-order chi connectivity index (χ0) is 34.8. The number of carbonyl (C=O) groups is 3. The summed E-state index contributed by atoms with van der Waals surface area (Å²) in [6.45, 7) is 3.41. The van der Waals surface area contributed by atoms with Crippen molar-refractivity contribution in [2.24, 2.45) is 5.92 Å². The van der Waals surface area contributed by atoms with Gasteiger partial charge < -0.3 is 19.7 Å². The van der Waals surface area contributed by atoms with Crippen LogP contribution in [-0.4, -0.2) is 82.4 Å². The number of hydrogen-bond acceptors (Lipinski definition) is 9. The van der Waals surface area contributed by atoms with E-state index in [1.165, 1.54) is 11.8 Å². The third-order valence-corrected chi connectivity index (χ3v) is 11.7. The molecule has 2 aromatic heterocycles. The summed E-state index contributed by atoms with van der Waals surface area (Å²) in [7, 11) is -2.35. The molecule has 49 heavy (non-hydrogen) atoms. The van der Waals surface area contributed by atoms with Crippen molar-refractivity contribution in [2.75, 3.05) is 13.7 Å². The molecule has 1 saturated heterocycles. The molecule has 1 unspecified atom stereocenters. The number of benzene rings is 1. The first-order valence-electron chi connectivity index (χ1n) is 17.0. The highest BCUT2D eigenvalue weighted by Crippen LogP contribution is 2.46. The van der Waals surface area contributed by atoms with Gasteiger partial charge in [0.2, 0.25) is 27.7 Å². The summed E-state index contributed by atoms with van der Waals surface area (Å²) in [6, 6.07) is 8.28. The lowest BCUT2D eigenvalue weighted by Crippen LogP contribution is -2.57. The van der Waals surface area contributed by atoms with Crippen molar-refractivity contribution in [3.05, 3.63) is 54.9 Å². The van der Waals surface area contributed by atoms with Gasteiger partial charge >= 0.3 is 0 Å². The molecule has 1 saturated carbocycles. The lowest BCUT2D eigenvalue weighted by atomic mass is 10.1. The van der Waals surface area contributed by atoms with Gasteiger partial charge in [-0.25, -0.2) is 13.1 Å². The third kappa shape index (κ3) is 7.29. The Morgan fingerprint density at radius 3 is 2.76 bits per heavy atom. The van der Waals surface area contributed by atoms with Gasteiger partial charge in [0, 0.05) is 36.5 Å². The Kier molecular flexibility index (Phi) is 9.96. The molecule has 3 aliphatic rings. The Balaban J connectivity index is 1.29. The third-order valence-electron chi connectivity index (χ3n) is 9.88. The summed E-state index contributed by atoms with van der Waals surface area (Å²) in [6.07, 6.45) is 12.0. The van der Waals surface area contributed by atoms with E-state index in [1.807, 2.05) is 36.4 Å². The predicted molar refractivity (Wildman–Crippen MR) is 183 cm³/mol. The Bertz CT molecular complexity index is 1850. The second kappa shape index (κ2) is 14.2. The standard InChI is InChI=1S/C35H44N6O7S/c1-4-23(2)49(45,46)39-34(44)35-21-25(35)12-9-7-5-6-8-10-13-31(42)40-22-27(20-29(40)32(43)38-35)48-33-28-15-14-26(47-3)18-24(28)19-30(37-33)41-17-11-16-36-41/h9,11-12,14-19,23,25,27,29H,4-8,10,13,20-22H2,1-3H3,(H,38,43)(H,39,44)/b12-9-/t23?,25-,27-,29+,35-/m1/s1. The van der Waals surface area contributed by atoms with Gasteiger partial charge in [0.1, 0.15) is 23.4 Å². The molecule has 262 valence electrons. The molecule has 2 N–H and O–H groups in total. The number of nitrogens with zero attached hydrogens (tertiary/aromatic N) is 4. The smallest absolute Gasteiger partial charge is 0.259 e. The number of amides is 3. The number of rotatable bonds is 8. The fraction of sp³-hybridized carbons (Fsp3) is 0.514. The van der Waals surface area contributed by atoms with Crippen LogP contribution in [0.15, 0.2) is 54.9 Å². The van der Waals surface area contributed by atoms with E-state index in [0.29, 0.717) is 30.3 Å². The van der Waals surface area contributed by atoms with Crippen LogP contribution in [-0.2, 0) is 24.4 Å². The van der Waals surface area contributed by atoms with Gasteiger partial charge in [-0.05, 0) is 74.7 Å². The molecule has 13 nitrogen and oxygen atoms in total. The van der Waals surface area contributed by atoms with Crippen LogP contribution in [0.3, 0.4) is 0 Å². The first-order chi connectivity index (χ1) is 23.5. The maximum Gasteiger partial charge on any atom is 0.259 e. The maximum absolute atomic E-state index is 14.1. The molecule has 1 aromatic carbocycles. The van der Waals surface area contributed by atoms with Gasteiger partial charge in [-0.1, -0.05) is 31.9 Å². The summed E-state index contributed by atoms with van der Waals surface area (Å²) in [4.78, 5) is 47.7. The average Bonchev–Trinajstić information content (AvgIpc) is 3.40. The van der Waals surface area contributed by atoms with Crippen LogP contribution in [0.25, 0.3) is 16.6 Å². The lowest BCUT2D eigenvalue weighted by molar-refractivity contribution is -0.139. The second-order valence-electron chi connectivity index (χ2n) is 13.2. The number of allylic oxidation sites excluding steroid dienone is 1. The van der Waals surface area contributed by atoms with Crippen molar-refractivity contribution < 1.29 is 32.3 Å². The number of fused-ring (bicyclic) bond motifs is 3. The highest BCUT2D eigenvalue weighted by molar-refractivity contribution is 7.90. The molecule has 2 fully saturated rings. The second-order valence-corrected chi connectivity index (χ2v) is 15.3. The van der Waals surface area contributed by atoms with E-state index in [0.717, 1.165) is 36.5 Å². The van der Waals surface area contributed by atoms with Crippen molar-refractivity contribution in [3.63, 3.8) is 0 Å². The molecule has 5 atom stereocenters. The highest BCUT2D eigenvalue weighted by atomic mass is 32.2. The van der Waals surface area contributed by atoms with Gasteiger partial charge in [0.05, 0.1) is 18.9 Å². The SMILES string of the molecule is CCC(C)S(=O)(=O)NC(=O)[C@@]12C[C@H]1/C=C\CCCCCCC(=O)N1C[C@H](Oc3nc(-n4cccn4)cc4cc(OC)ccc34)C[C@H]1C(=O)N2. The van der Waals surface area contributed by atoms with Gasteiger partial charge in [0.15, 0.2) is 5.82 Å². The van der Waals surface area contributed by atoms with Crippen molar-refractivity contribution in [1.82, 2.24) is 29.7 Å². The molecule has 0 radical (unpaired) electrons. The van der Waals surface area contributed by atoms with Gasteiger partial charge in [-0.15, -0.1) is 0 Å². The Hall–Kier alpha value is -4.46. The fourth-order valence-electron chi connectivity index (χ4n) is 6.62. The molecular weight excluding hydrogens is 648 g/mol. The minimum atomic E-state index is -3.95. The van der Waals surface area contributed by atoms with Crippen molar-refractivity contribution in [3.8, 4) is 17.4 Å². The van der Waals surface area contributed by atoms with Crippen LogP contribution in [0.5, 0.6) is 11.6 Å². The highest BCUT2D eigenvalue weighted by Gasteiger charge is 2.61. The van der Waals surface area contributed by atoms with Crippen LogP contribution in [0.1, 0.15) is 71.6 Å². The van der Waals surface area contributed by atoms with Gasteiger partial charge in [-0.2, -0.15) is 10.1 Å². The zero-order valence-corrected chi connectivity index (χ0v) is 28.9. The quantitative estimate of drug-likeness (QED) is 0.335. The van der Waals surface area contributed by atoms with E-state index in [-0.39, 0.29) is 37.6 Å². The number of pyridine rings is 1. The molecule has 0 bridgehead atoms. The number of ether oxygens (including phenoxy) is 2. The van der Waals surface area contributed by atoms with Crippen LogP contribution >= 0.6 is 0 Å². The van der Waals surface area contributed by atoms with Crippen molar-refractivity contribution in [1.29, 1.82) is 0 Å². The lowest BCUT2D eigenvalue weighted by Gasteiger charge is -2.26. The summed E-state index contributed by atoms with van der Waals surface area (Å²) < 4.78 is 41.6. The molecule has 3 aromatic rings. The first-order valence-corrected chi connectivity index (χ1v) is 18.6. The summed E-state index contributed by atoms with van der Waals surface area (Å²) in [5.74, 6) is -0.311. The van der Waals surface area contributed by atoms with Crippen LogP contribution in [0.2, 0.25) is 0 Å². The summed E-state index contributed by atoms with van der Waals surface area (Å²) in [5.41, 5.74) is -1.43. The normalized spacial score (nSPS) is 26.0. The Morgan fingerprint density at radius 2 is 2.00 bits per heavy atom. The maximum atomic E-state index is 14.1. The van der Waals surface area contributed by atoms with E-state index in [4.69, 9.17) is 14.5 Å². The molecule has 4 heterocycles. The summed E-state index contributed by atoms with van der Waals surface area (Å²) >= 11 is 0. The molecule has 1 aliphatic carbocycles. The predicted octanol–water partition coefficient (Wildman–Crippen LogP) is 3.81. The minimum absolute atomic E-state index is 0.146. The van der Waals surface area contributed by atoms with E-state index >= 15 is 0 Å². The van der Waals surface area contributed by atoms with Crippen LogP contribution in [0.4, 0.5) is 0 Å². The molecular formula is C35H44N6O7S.